The fourth-order valence-electron chi connectivity index (χ4n) is 2.83. The average Bonchev–Trinajstić information content (AvgIpc) is 3.18. The van der Waals surface area contributed by atoms with E-state index in [1.807, 2.05) is 35.7 Å². The molecule has 0 saturated carbocycles. The van der Waals surface area contributed by atoms with Gasteiger partial charge in [-0.3, -0.25) is 4.79 Å². The predicted molar refractivity (Wildman–Crippen MR) is 117 cm³/mol. The van der Waals surface area contributed by atoms with E-state index in [2.05, 4.69) is 5.32 Å². The molecule has 0 aliphatic heterocycles. The van der Waals surface area contributed by atoms with Gasteiger partial charge >= 0.3 is 5.97 Å². The summed E-state index contributed by atoms with van der Waals surface area (Å²) in [5.74, 6) is 0.299. The highest BCUT2D eigenvalue weighted by atomic mass is 32.1. The molecule has 0 bridgehead atoms. The summed E-state index contributed by atoms with van der Waals surface area (Å²) in [7, 11) is 1.56. The first-order chi connectivity index (χ1) is 14.5. The summed E-state index contributed by atoms with van der Waals surface area (Å²) < 4.78 is 16.1. The average molecular weight is 426 g/mol. The Kier molecular flexibility index (Phi) is 7.08. The number of carbonyl (C=O) groups is 2. The Morgan fingerprint density at radius 2 is 1.80 bits per heavy atom. The predicted octanol–water partition coefficient (Wildman–Crippen LogP) is 5.01. The molecule has 7 heteroatoms. The Bertz CT molecular complexity index is 1020. The van der Waals surface area contributed by atoms with E-state index in [0.717, 1.165) is 11.1 Å². The van der Waals surface area contributed by atoms with Crippen molar-refractivity contribution in [1.29, 1.82) is 0 Å². The number of methoxy groups -OCH3 is 1. The number of benzene rings is 2. The number of hydrogen-bond acceptors (Lipinski definition) is 6. The summed E-state index contributed by atoms with van der Waals surface area (Å²) >= 11 is 1.27. The number of hydrogen-bond donors (Lipinski definition) is 1. The van der Waals surface area contributed by atoms with E-state index in [1.54, 1.807) is 45.2 Å². The molecule has 0 radical (unpaired) electrons. The molecule has 0 spiro atoms. The van der Waals surface area contributed by atoms with Crippen LogP contribution in [-0.2, 0) is 9.53 Å². The van der Waals surface area contributed by atoms with Crippen molar-refractivity contribution in [2.24, 2.45) is 0 Å². The highest BCUT2D eigenvalue weighted by molar-refractivity contribution is 7.15. The van der Waals surface area contributed by atoms with Crippen LogP contribution in [0.2, 0.25) is 0 Å². The third-order valence-corrected chi connectivity index (χ3v) is 5.21. The van der Waals surface area contributed by atoms with Crippen molar-refractivity contribution in [1.82, 2.24) is 0 Å². The fraction of sp³-hybridized carbons (Fsp3) is 0.217. The van der Waals surface area contributed by atoms with Crippen molar-refractivity contribution in [2.75, 3.05) is 19.0 Å². The van der Waals surface area contributed by atoms with Crippen LogP contribution in [-0.4, -0.2) is 31.7 Å². The standard InChI is InChI=1S/C23H23NO5S/c1-4-28-23(26)20-19(16-9-6-5-7-10-16)14-30-22(20)24-21(25)15(2)29-18-12-8-11-17(13-18)27-3/h5-15H,4H2,1-3H3,(H,24,25). The molecule has 0 aliphatic carbocycles. The zero-order valence-corrected chi connectivity index (χ0v) is 17.8. The van der Waals surface area contributed by atoms with Crippen molar-refractivity contribution >= 4 is 28.2 Å². The molecule has 0 aliphatic rings. The van der Waals surface area contributed by atoms with Gasteiger partial charge in [0.05, 0.1) is 13.7 Å². The highest BCUT2D eigenvalue weighted by Gasteiger charge is 2.24. The van der Waals surface area contributed by atoms with Crippen molar-refractivity contribution in [3.63, 3.8) is 0 Å². The van der Waals surface area contributed by atoms with Gasteiger partial charge in [0.1, 0.15) is 22.1 Å². The Morgan fingerprint density at radius 1 is 1.07 bits per heavy atom. The Labute approximate surface area is 179 Å². The summed E-state index contributed by atoms with van der Waals surface area (Å²) in [5.41, 5.74) is 1.93. The summed E-state index contributed by atoms with van der Waals surface area (Å²) in [6, 6.07) is 16.5. The van der Waals surface area contributed by atoms with E-state index >= 15 is 0 Å². The number of carbonyl (C=O) groups excluding carboxylic acids is 2. The van der Waals surface area contributed by atoms with Crippen LogP contribution in [0.3, 0.4) is 0 Å². The molecule has 1 unspecified atom stereocenters. The molecule has 1 atom stereocenters. The van der Waals surface area contributed by atoms with Gasteiger partial charge in [0.25, 0.3) is 5.91 Å². The second-order valence-electron chi connectivity index (χ2n) is 6.37. The number of thiophene rings is 1. The van der Waals surface area contributed by atoms with Gasteiger partial charge in [-0.15, -0.1) is 11.3 Å². The third-order valence-electron chi connectivity index (χ3n) is 4.32. The van der Waals surface area contributed by atoms with E-state index in [-0.39, 0.29) is 12.5 Å². The minimum Gasteiger partial charge on any atom is -0.497 e. The zero-order chi connectivity index (χ0) is 21.5. The molecule has 1 heterocycles. The second-order valence-corrected chi connectivity index (χ2v) is 7.25. The van der Waals surface area contributed by atoms with Crippen LogP contribution < -0.4 is 14.8 Å². The van der Waals surface area contributed by atoms with Crippen molar-refractivity contribution in [3.8, 4) is 22.6 Å². The Balaban J connectivity index is 1.81. The number of esters is 1. The van der Waals surface area contributed by atoms with Crippen LogP contribution in [0.4, 0.5) is 5.00 Å². The van der Waals surface area contributed by atoms with Crippen LogP contribution in [0.25, 0.3) is 11.1 Å². The van der Waals surface area contributed by atoms with Crippen LogP contribution >= 0.6 is 11.3 Å². The molecule has 156 valence electrons. The van der Waals surface area contributed by atoms with Gasteiger partial charge in [0.2, 0.25) is 0 Å². The lowest BCUT2D eigenvalue weighted by Crippen LogP contribution is -2.30. The summed E-state index contributed by atoms with van der Waals surface area (Å²) in [4.78, 5) is 25.4. The molecule has 1 N–H and O–H groups in total. The molecule has 6 nitrogen and oxygen atoms in total. The van der Waals surface area contributed by atoms with Gasteiger partial charge in [-0.05, 0) is 31.5 Å². The van der Waals surface area contributed by atoms with Gasteiger partial charge in [0.15, 0.2) is 6.10 Å². The molecule has 0 fully saturated rings. The van der Waals surface area contributed by atoms with E-state index in [9.17, 15) is 9.59 Å². The van der Waals surface area contributed by atoms with Gasteiger partial charge in [-0.1, -0.05) is 36.4 Å². The maximum Gasteiger partial charge on any atom is 0.341 e. The molecule has 1 amide bonds. The molecule has 30 heavy (non-hydrogen) atoms. The number of nitrogens with one attached hydrogen (secondary N) is 1. The maximum absolute atomic E-state index is 12.7. The molecular formula is C23H23NO5S. The number of anilines is 1. The monoisotopic (exact) mass is 425 g/mol. The van der Waals surface area contributed by atoms with Crippen LogP contribution in [0.1, 0.15) is 24.2 Å². The minimum absolute atomic E-state index is 0.242. The molecule has 2 aromatic carbocycles. The van der Waals surface area contributed by atoms with Crippen molar-refractivity contribution in [2.45, 2.75) is 20.0 Å². The van der Waals surface area contributed by atoms with E-state index in [4.69, 9.17) is 14.2 Å². The highest BCUT2D eigenvalue weighted by Crippen LogP contribution is 2.36. The molecule has 0 saturated heterocycles. The number of ether oxygens (including phenoxy) is 3. The molecular weight excluding hydrogens is 402 g/mol. The lowest BCUT2D eigenvalue weighted by atomic mass is 10.0. The first kappa shape index (κ1) is 21.4. The molecule has 3 aromatic rings. The van der Waals surface area contributed by atoms with Gasteiger partial charge in [-0.2, -0.15) is 0 Å². The van der Waals surface area contributed by atoms with Gasteiger partial charge in [-0.25, -0.2) is 4.79 Å². The summed E-state index contributed by atoms with van der Waals surface area (Å²) in [5, 5.41) is 5.08. The van der Waals surface area contributed by atoms with Gasteiger partial charge in [0, 0.05) is 17.0 Å². The topological polar surface area (TPSA) is 73.9 Å². The first-order valence-electron chi connectivity index (χ1n) is 9.49. The minimum atomic E-state index is -0.783. The molecule has 3 rings (SSSR count). The lowest BCUT2D eigenvalue weighted by Gasteiger charge is -2.15. The fourth-order valence-corrected chi connectivity index (χ4v) is 3.79. The largest absolute Gasteiger partial charge is 0.497 e. The van der Waals surface area contributed by atoms with Crippen molar-refractivity contribution < 1.29 is 23.8 Å². The zero-order valence-electron chi connectivity index (χ0n) is 17.0. The Morgan fingerprint density at radius 3 is 2.50 bits per heavy atom. The summed E-state index contributed by atoms with van der Waals surface area (Å²) in [6.45, 7) is 3.63. The molecule has 1 aromatic heterocycles. The van der Waals surface area contributed by atoms with Crippen molar-refractivity contribution in [3.05, 3.63) is 65.5 Å². The summed E-state index contributed by atoms with van der Waals surface area (Å²) in [6.07, 6.45) is -0.783. The van der Waals surface area contributed by atoms with E-state index in [0.29, 0.717) is 22.1 Å². The second kappa shape index (κ2) is 9.93. The number of amides is 1. The Hall–Kier alpha value is -3.32. The van der Waals surface area contributed by atoms with E-state index in [1.165, 1.54) is 11.3 Å². The van der Waals surface area contributed by atoms with Crippen LogP contribution in [0.15, 0.2) is 60.0 Å². The van der Waals surface area contributed by atoms with Crippen LogP contribution in [0.5, 0.6) is 11.5 Å². The third kappa shape index (κ3) is 4.99. The normalized spacial score (nSPS) is 11.4. The van der Waals surface area contributed by atoms with E-state index < -0.39 is 12.1 Å². The SMILES string of the molecule is CCOC(=O)c1c(-c2ccccc2)csc1NC(=O)C(C)Oc1cccc(OC)c1. The van der Waals surface area contributed by atoms with Crippen LogP contribution in [0, 0.1) is 0 Å². The van der Waals surface area contributed by atoms with Gasteiger partial charge < -0.3 is 19.5 Å². The lowest BCUT2D eigenvalue weighted by molar-refractivity contribution is -0.122. The maximum atomic E-state index is 12.7. The quantitative estimate of drug-likeness (QED) is 0.514. The number of rotatable bonds is 8. The smallest absolute Gasteiger partial charge is 0.341 e. The first-order valence-corrected chi connectivity index (χ1v) is 10.4.